The minimum atomic E-state index is -0.773. The third-order valence-corrected chi connectivity index (χ3v) is 2.18. The van der Waals surface area contributed by atoms with Crippen molar-refractivity contribution in [1.29, 1.82) is 0 Å². The second-order valence-electron chi connectivity index (χ2n) is 3.71. The van der Waals surface area contributed by atoms with Crippen LogP contribution in [-0.4, -0.2) is 42.4 Å². The molecule has 0 fully saturated rings. The lowest BCUT2D eigenvalue weighted by Crippen LogP contribution is -2.46. The molecule has 0 bridgehead atoms. The first-order chi connectivity index (χ1) is 6.33. The minimum Gasteiger partial charge on any atom is -0.441 e. The van der Waals surface area contributed by atoms with Crippen molar-refractivity contribution in [3.63, 3.8) is 0 Å². The highest BCUT2D eigenvalue weighted by molar-refractivity contribution is 5.87. The fourth-order valence-electron chi connectivity index (χ4n) is 0.860. The SMILES string of the molecule is C=C(C)C(=O)OC(C)(CCO)N(C)C. The highest BCUT2D eigenvalue weighted by atomic mass is 16.6. The average molecular weight is 201 g/mol. The van der Waals surface area contributed by atoms with Crippen molar-refractivity contribution in [2.75, 3.05) is 20.7 Å². The summed E-state index contributed by atoms with van der Waals surface area (Å²) in [7, 11) is 3.59. The van der Waals surface area contributed by atoms with E-state index in [1.54, 1.807) is 32.8 Å². The van der Waals surface area contributed by atoms with E-state index in [-0.39, 0.29) is 6.61 Å². The van der Waals surface area contributed by atoms with Crippen LogP contribution in [-0.2, 0) is 9.53 Å². The largest absolute Gasteiger partial charge is 0.441 e. The van der Waals surface area contributed by atoms with Gasteiger partial charge in [-0.05, 0) is 27.9 Å². The van der Waals surface area contributed by atoms with Gasteiger partial charge in [0.15, 0.2) is 5.72 Å². The Kier molecular flexibility index (Phi) is 4.80. The lowest BCUT2D eigenvalue weighted by molar-refractivity contribution is -0.173. The lowest BCUT2D eigenvalue weighted by atomic mass is 10.1. The molecule has 82 valence electrons. The molecule has 0 heterocycles. The first-order valence-electron chi connectivity index (χ1n) is 4.50. The van der Waals surface area contributed by atoms with Crippen LogP contribution in [0, 0.1) is 0 Å². The maximum Gasteiger partial charge on any atom is 0.334 e. The zero-order valence-corrected chi connectivity index (χ0v) is 9.33. The summed E-state index contributed by atoms with van der Waals surface area (Å²) in [5, 5.41) is 8.86. The quantitative estimate of drug-likeness (QED) is 0.405. The van der Waals surface area contributed by atoms with Gasteiger partial charge in [-0.3, -0.25) is 4.90 Å². The molecule has 14 heavy (non-hydrogen) atoms. The Bertz CT molecular complexity index is 225. The zero-order chi connectivity index (χ0) is 11.4. The highest BCUT2D eigenvalue weighted by Crippen LogP contribution is 2.19. The van der Waals surface area contributed by atoms with Gasteiger partial charge in [-0.2, -0.15) is 0 Å². The van der Waals surface area contributed by atoms with Crippen LogP contribution in [0.3, 0.4) is 0 Å². The number of esters is 1. The van der Waals surface area contributed by atoms with E-state index in [2.05, 4.69) is 6.58 Å². The summed E-state index contributed by atoms with van der Waals surface area (Å²) in [6.07, 6.45) is 0.374. The summed E-state index contributed by atoms with van der Waals surface area (Å²) in [5.41, 5.74) is -0.416. The van der Waals surface area contributed by atoms with Gasteiger partial charge < -0.3 is 9.84 Å². The third-order valence-electron chi connectivity index (χ3n) is 2.18. The first-order valence-corrected chi connectivity index (χ1v) is 4.50. The molecule has 0 aromatic rings. The Morgan fingerprint density at radius 1 is 1.57 bits per heavy atom. The zero-order valence-electron chi connectivity index (χ0n) is 9.33. The molecule has 0 saturated heterocycles. The van der Waals surface area contributed by atoms with E-state index in [0.29, 0.717) is 12.0 Å². The molecular weight excluding hydrogens is 182 g/mol. The summed E-state index contributed by atoms with van der Waals surface area (Å²) in [4.78, 5) is 13.1. The van der Waals surface area contributed by atoms with Crippen molar-refractivity contribution in [3.8, 4) is 0 Å². The van der Waals surface area contributed by atoms with Gasteiger partial charge in [0.2, 0.25) is 0 Å². The second kappa shape index (κ2) is 5.12. The summed E-state index contributed by atoms with van der Waals surface area (Å²) >= 11 is 0. The highest BCUT2D eigenvalue weighted by Gasteiger charge is 2.30. The molecule has 0 radical (unpaired) electrons. The summed E-state index contributed by atoms with van der Waals surface area (Å²) in [6.45, 7) is 6.82. The summed E-state index contributed by atoms with van der Waals surface area (Å²) < 4.78 is 5.23. The van der Waals surface area contributed by atoms with Crippen molar-refractivity contribution in [2.24, 2.45) is 0 Å². The molecule has 0 aromatic heterocycles. The van der Waals surface area contributed by atoms with Gasteiger partial charge in [-0.15, -0.1) is 0 Å². The van der Waals surface area contributed by atoms with Gasteiger partial charge in [-0.1, -0.05) is 6.58 Å². The lowest BCUT2D eigenvalue weighted by Gasteiger charge is -2.35. The normalized spacial score (nSPS) is 15.0. The first kappa shape index (κ1) is 13.1. The summed E-state index contributed by atoms with van der Waals surface area (Å²) in [6, 6.07) is 0. The molecular formula is C10H19NO3. The maximum absolute atomic E-state index is 11.3. The van der Waals surface area contributed by atoms with Crippen LogP contribution in [0.15, 0.2) is 12.2 Å². The van der Waals surface area contributed by atoms with Crippen molar-refractivity contribution in [1.82, 2.24) is 4.90 Å². The smallest absolute Gasteiger partial charge is 0.334 e. The Balaban J connectivity index is 4.52. The van der Waals surface area contributed by atoms with E-state index in [1.807, 2.05) is 0 Å². The number of hydrogen-bond acceptors (Lipinski definition) is 4. The van der Waals surface area contributed by atoms with Crippen molar-refractivity contribution >= 4 is 5.97 Å². The predicted octanol–water partition coefficient (Wildman–Crippen LogP) is 0.766. The fourth-order valence-corrected chi connectivity index (χ4v) is 0.860. The molecule has 1 unspecified atom stereocenters. The van der Waals surface area contributed by atoms with Gasteiger partial charge in [0, 0.05) is 18.6 Å². The maximum atomic E-state index is 11.3. The van der Waals surface area contributed by atoms with Gasteiger partial charge in [0.25, 0.3) is 0 Å². The third kappa shape index (κ3) is 3.47. The number of nitrogens with zero attached hydrogens (tertiary/aromatic N) is 1. The second-order valence-corrected chi connectivity index (χ2v) is 3.71. The number of rotatable bonds is 5. The molecule has 0 aliphatic rings. The Morgan fingerprint density at radius 3 is 2.36 bits per heavy atom. The van der Waals surface area contributed by atoms with Crippen LogP contribution >= 0.6 is 0 Å². The molecule has 0 amide bonds. The Morgan fingerprint density at radius 2 is 2.07 bits per heavy atom. The monoisotopic (exact) mass is 201 g/mol. The van der Waals surface area contributed by atoms with Crippen LogP contribution in [0.4, 0.5) is 0 Å². The van der Waals surface area contributed by atoms with E-state index in [1.165, 1.54) is 0 Å². The number of carbonyl (C=O) groups excluding carboxylic acids is 1. The van der Waals surface area contributed by atoms with Crippen LogP contribution in [0.5, 0.6) is 0 Å². The van der Waals surface area contributed by atoms with Crippen LogP contribution < -0.4 is 0 Å². The number of aliphatic hydroxyl groups is 1. The standard InChI is InChI=1S/C10H19NO3/c1-8(2)9(13)14-10(3,6-7-12)11(4)5/h12H,1,6-7H2,2-5H3. The molecule has 0 rings (SSSR count). The van der Waals surface area contributed by atoms with Crippen LogP contribution in [0.2, 0.25) is 0 Å². The number of hydrogen-bond donors (Lipinski definition) is 1. The molecule has 0 saturated carbocycles. The average Bonchev–Trinajstić information content (AvgIpc) is 2.03. The summed E-state index contributed by atoms with van der Waals surface area (Å²) in [5.74, 6) is -0.436. The van der Waals surface area contributed by atoms with Crippen LogP contribution in [0.25, 0.3) is 0 Å². The fraction of sp³-hybridized carbons (Fsp3) is 0.700. The number of ether oxygens (including phenoxy) is 1. The van der Waals surface area contributed by atoms with Crippen molar-refractivity contribution in [2.45, 2.75) is 26.0 Å². The Hall–Kier alpha value is -0.870. The molecule has 0 aliphatic heterocycles. The van der Waals surface area contributed by atoms with E-state index in [9.17, 15) is 4.79 Å². The van der Waals surface area contributed by atoms with Gasteiger partial charge >= 0.3 is 5.97 Å². The van der Waals surface area contributed by atoms with E-state index < -0.39 is 11.7 Å². The number of aliphatic hydroxyl groups excluding tert-OH is 1. The predicted molar refractivity (Wildman–Crippen MR) is 54.7 cm³/mol. The van der Waals surface area contributed by atoms with Gasteiger partial charge in [-0.25, -0.2) is 4.79 Å². The van der Waals surface area contributed by atoms with Crippen molar-refractivity contribution < 1.29 is 14.6 Å². The molecule has 0 aliphatic carbocycles. The van der Waals surface area contributed by atoms with E-state index in [0.717, 1.165) is 0 Å². The molecule has 1 N–H and O–H groups in total. The Labute approximate surface area is 85.2 Å². The van der Waals surface area contributed by atoms with Gasteiger partial charge in [0.1, 0.15) is 0 Å². The van der Waals surface area contributed by atoms with Crippen LogP contribution in [0.1, 0.15) is 20.3 Å². The molecule has 1 atom stereocenters. The molecule has 0 spiro atoms. The molecule has 0 aromatic carbocycles. The van der Waals surface area contributed by atoms with E-state index >= 15 is 0 Å². The minimum absolute atomic E-state index is 0.0296. The number of carbonyl (C=O) groups is 1. The topological polar surface area (TPSA) is 49.8 Å². The van der Waals surface area contributed by atoms with Crippen molar-refractivity contribution in [3.05, 3.63) is 12.2 Å². The van der Waals surface area contributed by atoms with E-state index in [4.69, 9.17) is 9.84 Å². The van der Waals surface area contributed by atoms with Gasteiger partial charge in [0.05, 0.1) is 0 Å². The molecule has 4 heteroatoms. The molecule has 4 nitrogen and oxygen atoms in total.